The summed E-state index contributed by atoms with van der Waals surface area (Å²) in [5.74, 6) is -0.385. The van der Waals surface area contributed by atoms with Gasteiger partial charge in [-0.1, -0.05) is 6.07 Å². The van der Waals surface area contributed by atoms with Crippen LogP contribution in [0.3, 0.4) is 0 Å². The first kappa shape index (κ1) is 14.7. The number of fused-ring (bicyclic) bond motifs is 2. The van der Waals surface area contributed by atoms with Crippen LogP contribution < -0.4 is 22.1 Å². The van der Waals surface area contributed by atoms with Crippen LogP contribution >= 0.6 is 0 Å². The second kappa shape index (κ2) is 4.35. The molecule has 4 rings (SSSR count). The number of hydrogen-bond donors (Lipinski definition) is 4. The van der Waals surface area contributed by atoms with Crippen LogP contribution in [0.15, 0.2) is 36.7 Å². The Kier molecular flexibility index (Phi) is 2.77. The van der Waals surface area contributed by atoms with E-state index >= 15 is 0 Å². The van der Waals surface area contributed by atoms with Crippen LogP contribution in [0.5, 0.6) is 0 Å². The molecule has 1 aliphatic carbocycles. The van der Waals surface area contributed by atoms with Crippen molar-refractivity contribution >= 4 is 11.4 Å². The van der Waals surface area contributed by atoms with Gasteiger partial charge < -0.3 is 26.5 Å². The monoisotopic (exact) mass is 313 g/mol. The standard InChI is InChI=1S/C17H23N5O/c1-15(2,11-7-12-5-3-4-6-22(12)8-11)21-14(23)13-16(18)9-20-10-17(13,16)19/h3-8,13,20H,9-10,18-19H2,1-2H3,(H,21,23)/t13-,16+,17-. The molecular formula is C17H23N5O. The number of nitrogens with one attached hydrogen (secondary N) is 2. The fraction of sp³-hybridized carbons (Fsp3) is 0.471. The average Bonchev–Trinajstić information content (AvgIpc) is 2.83. The summed E-state index contributed by atoms with van der Waals surface area (Å²) in [6, 6.07) is 8.12. The molecule has 2 aliphatic rings. The lowest BCUT2D eigenvalue weighted by atomic mass is 9.96. The molecule has 1 saturated carbocycles. The predicted molar refractivity (Wildman–Crippen MR) is 88.8 cm³/mol. The van der Waals surface area contributed by atoms with Crippen molar-refractivity contribution in [1.29, 1.82) is 0 Å². The topological polar surface area (TPSA) is 97.6 Å². The average molecular weight is 313 g/mol. The smallest absolute Gasteiger partial charge is 0.227 e. The summed E-state index contributed by atoms with van der Waals surface area (Å²) in [5, 5.41) is 6.30. The summed E-state index contributed by atoms with van der Waals surface area (Å²) in [7, 11) is 0. The van der Waals surface area contributed by atoms with Crippen molar-refractivity contribution in [3.8, 4) is 0 Å². The summed E-state index contributed by atoms with van der Waals surface area (Å²) < 4.78 is 2.05. The van der Waals surface area contributed by atoms with Gasteiger partial charge in [0.15, 0.2) is 0 Å². The molecule has 0 radical (unpaired) electrons. The number of hydrogen-bond acceptors (Lipinski definition) is 4. The number of aromatic nitrogens is 1. The van der Waals surface area contributed by atoms with Gasteiger partial charge in [0, 0.05) is 31.0 Å². The molecule has 1 saturated heterocycles. The highest BCUT2D eigenvalue weighted by molar-refractivity contribution is 5.88. The number of carbonyl (C=O) groups is 1. The third-order valence-electron chi connectivity index (χ3n) is 5.57. The van der Waals surface area contributed by atoms with Crippen molar-refractivity contribution in [2.24, 2.45) is 17.4 Å². The molecule has 0 aromatic carbocycles. The fourth-order valence-corrected chi connectivity index (χ4v) is 3.98. The first-order chi connectivity index (χ1) is 10.8. The van der Waals surface area contributed by atoms with E-state index in [1.807, 2.05) is 48.8 Å². The van der Waals surface area contributed by atoms with Gasteiger partial charge in [-0.15, -0.1) is 0 Å². The molecule has 2 aromatic heterocycles. The molecule has 122 valence electrons. The fourth-order valence-electron chi connectivity index (χ4n) is 3.98. The number of carbonyl (C=O) groups excluding carboxylic acids is 1. The Balaban J connectivity index is 1.57. The first-order valence-corrected chi connectivity index (χ1v) is 7.96. The third kappa shape index (κ3) is 1.89. The predicted octanol–water partition coefficient (Wildman–Crippen LogP) is -0.0814. The third-order valence-corrected chi connectivity index (χ3v) is 5.57. The molecule has 23 heavy (non-hydrogen) atoms. The van der Waals surface area contributed by atoms with E-state index in [0.717, 1.165) is 11.1 Å². The zero-order valence-electron chi connectivity index (χ0n) is 13.5. The molecule has 6 heteroatoms. The van der Waals surface area contributed by atoms with Crippen molar-refractivity contribution in [1.82, 2.24) is 15.0 Å². The maximum absolute atomic E-state index is 12.7. The lowest BCUT2D eigenvalue weighted by molar-refractivity contribution is -0.124. The minimum atomic E-state index is -0.612. The van der Waals surface area contributed by atoms with Crippen molar-refractivity contribution < 1.29 is 4.79 Å². The van der Waals surface area contributed by atoms with E-state index < -0.39 is 16.6 Å². The van der Waals surface area contributed by atoms with Crippen LogP contribution in [0.25, 0.3) is 5.52 Å². The Morgan fingerprint density at radius 2 is 2.04 bits per heavy atom. The highest BCUT2D eigenvalue weighted by atomic mass is 16.2. The van der Waals surface area contributed by atoms with Crippen LogP contribution in [0, 0.1) is 5.92 Å². The molecule has 1 amide bonds. The minimum Gasteiger partial charge on any atom is -0.347 e. The van der Waals surface area contributed by atoms with Gasteiger partial charge in [0.05, 0.1) is 22.5 Å². The maximum atomic E-state index is 12.7. The lowest BCUT2D eigenvalue weighted by Crippen LogP contribution is -2.46. The number of nitrogens with zero attached hydrogens (tertiary/aromatic N) is 1. The van der Waals surface area contributed by atoms with Gasteiger partial charge in [-0.25, -0.2) is 0 Å². The summed E-state index contributed by atoms with van der Waals surface area (Å²) in [4.78, 5) is 12.7. The molecule has 6 nitrogen and oxygen atoms in total. The maximum Gasteiger partial charge on any atom is 0.227 e. The first-order valence-electron chi connectivity index (χ1n) is 7.96. The van der Waals surface area contributed by atoms with E-state index in [-0.39, 0.29) is 11.8 Å². The molecule has 3 atom stereocenters. The van der Waals surface area contributed by atoms with E-state index in [4.69, 9.17) is 11.5 Å². The molecule has 2 fully saturated rings. The summed E-state index contributed by atoms with van der Waals surface area (Å²) in [6.07, 6.45) is 4.04. The van der Waals surface area contributed by atoms with Crippen molar-refractivity contribution in [3.05, 3.63) is 42.2 Å². The van der Waals surface area contributed by atoms with Gasteiger partial charge in [0.2, 0.25) is 5.91 Å². The van der Waals surface area contributed by atoms with E-state index in [0.29, 0.717) is 13.1 Å². The Bertz CT molecular complexity index is 748. The van der Waals surface area contributed by atoms with Crippen LogP contribution in [0.1, 0.15) is 19.4 Å². The molecule has 2 aromatic rings. The normalized spacial score (nSPS) is 32.8. The highest BCUT2D eigenvalue weighted by Gasteiger charge is 2.78. The van der Waals surface area contributed by atoms with Crippen LogP contribution in [0.4, 0.5) is 0 Å². The molecule has 0 spiro atoms. The highest BCUT2D eigenvalue weighted by Crippen LogP contribution is 2.53. The zero-order chi connectivity index (χ0) is 16.5. The van der Waals surface area contributed by atoms with Gasteiger partial charge >= 0.3 is 0 Å². The van der Waals surface area contributed by atoms with Gasteiger partial charge in [-0.3, -0.25) is 4.79 Å². The Labute approximate surface area is 135 Å². The SMILES string of the molecule is CC(C)(NC(=O)[C@H]1[C@]2(N)CNC[C@]12N)c1cc2ccccn2c1. The van der Waals surface area contributed by atoms with Gasteiger partial charge in [-0.2, -0.15) is 0 Å². The molecule has 0 unspecified atom stereocenters. The van der Waals surface area contributed by atoms with E-state index in [1.165, 1.54) is 0 Å². The van der Waals surface area contributed by atoms with Gasteiger partial charge in [-0.05, 0) is 37.6 Å². The number of rotatable bonds is 3. The Morgan fingerprint density at radius 1 is 1.35 bits per heavy atom. The molecule has 1 aliphatic heterocycles. The lowest BCUT2D eigenvalue weighted by Gasteiger charge is -2.26. The largest absolute Gasteiger partial charge is 0.347 e. The summed E-state index contributed by atoms with van der Waals surface area (Å²) >= 11 is 0. The molecule has 6 N–H and O–H groups in total. The molecular weight excluding hydrogens is 290 g/mol. The second-order valence-electron chi connectivity index (χ2n) is 7.49. The van der Waals surface area contributed by atoms with Crippen LogP contribution in [-0.2, 0) is 10.3 Å². The summed E-state index contributed by atoms with van der Waals surface area (Å²) in [5.41, 5.74) is 13.0. The van der Waals surface area contributed by atoms with E-state index in [1.54, 1.807) is 0 Å². The van der Waals surface area contributed by atoms with E-state index in [2.05, 4.69) is 16.7 Å². The van der Waals surface area contributed by atoms with Crippen LogP contribution in [0.2, 0.25) is 0 Å². The summed E-state index contributed by atoms with van der Waals surface area (Å²) in [6.45, 7) is 5.20. The number of pyridine rings is 1. The van der Waals surface area contributed by atoms with Crippen LogP contribution in [-0.4, -0.2) is 34.5 Å². The van der Waals surface area contributed by atoms with Gasteiger partial charge in [0.1, 0.15) is 0 Å². The van der Waals surface area contributed by atoms with E-state index in [9.17, 15) is 4.79 Å². The number of amides is 1. The zero-order valence-corrected chi connectivity index (χ0v) is 13.5. The minimum absolute atomic E-state index is 0.0586. The Hall–Kier alpha value is -1.89. The van der Waals surface area contributed by atoms with Gasteiger partial charge in [0.25, 0.3) is 0 Å². The quantitative estimate of drug-likeness (QED) is 0.637. The van der Waals surface area contributed by atoms with Crippen molar-refractivity contribution in [3.63, 3.8) is 0 Å². The Morgan fingerprint density at radius 3 is 2.70 bits per heavy atom. The number of piperidine rings is 1. The number of nitrogens with two attached hydrogens (primary N) is 2. The molecule has 0 bridgehead atoms. The van der Waals surface area contributed by atoms with Crippen molar-refractivity contribution in [2.45, 2.75) is 30.5 Å². The van der Waals surface area contributed by atoms with Crippen molar-refractivity contribution in [2.75, 3.05) is 13.1 Å². The second-order valence-corrected chi connectivity index (χ2v) is 7.49. The molecule has 3 heterocycles.